The summed E-state index contributed by atoms with van der Waals surface area (Å²) >= 11 is 3.61. The highest BCUT2D eigenvalue weighted by Gasteiger charge is 2.52. The zero-order valence-electron chi connectivity index (χ0n) is 18.0. The van der Waals surface area contributed by atoms with Crippen LogP contribution >= 0.6 is 15.9 Å². The maximum absolute atomic E-state index is 14.0. The first-order valence-electron chi connectivity index (χ1n) is 10.5. The molecule has 3 aromatic carbocycles. The summed E-state index contributed by atoms with van der Waals surface area (Å²) in [7, 11) is 3.29. The Morgan fingerprint density at radius 3 is 1.88 bits per heavy atom. The third kappa shape index (κ3) is 2.69. The Morgan fingerprint density at radius 2 is 1.33 bits per heavy atom. The molecule has 0 radical (unpaired) electrons. The smallest absolute Gasteiger partial charge is 0.244 e. The molecule has 7 heteroatoms. The summed E-state index contributed by atoms with van der Waals surface area (Å²) in [5, 5.41) is 4.98. The third-order valence-electron chi connectivity index (χ3n) is 6.56. The number of aromatic amines is 2. The molecule has 0 aliphatic carbocycles. The van der Waals surface area contributed by atoms with E-state index in [0.29, 0.717) is 0 Å². The lowest BCUT2D eigenvalue weighted by Crippen LogP contribution is -2.36. The molecule has 0 unspecified atom stereocenters. The van der Waals surface area contributed by atoms with Gasteiger partial charge in [0.15, 0.2) is 0 Å². The zero-order valence-corrected chi connectivity index (χ0v) is 19.5. The topological polar surface area (TPSA) is 79.1 Å². The predicted molar refractivity (Wildman–Crippen MR) is 132 cm³/mol. The second-order valence-electron chi connectivity index (χ2n) is 8.12. The van der Waals surface area contributed by atoms with Crippen molar-refractivity contribution >= 4 is 49.3 Å². The first kappa shape index (κ1) is 19.9. The fourth-order valence-corrected chi connectivity index (χ4v) is 5.39. The van der Waals surface area contributed by atoms with Crippen molar-refractivity contribution in [2.75, 3.05) is 19.5 Å². The number of ether oxygens (including phenoxy) is 2. The standard InChI is InChI=1S/C26H20BrN3O3/c1-32-15-4-7-22-17(10-15)20(12-28-22)26(19-9-14(27)3-6-24(19)30-25(26)31)21-13-29-23-8-5-16(33-2)11-18(21)23/h3-13,28-29H,1-2H3,(H,30,31). The first-order chi connectivity index (χ1) is 16.1. The van der Waals surface area contributed by atoms with Gasteiger partial charge in [0.25, 0.3) is 0 Å². The Hall–Kier alpha value is -3.71. The molecule has 6 rings (SSSR count). The number of fused-ring (bicyclic) bond motifs is 3. The lowest BCUT2D eigenvalue weighted by molar-refractivity contribution is -0.118. The zero-order chi connectivity index (χ0) is 22.7. The minimum Gasteiger partial charge on any atom is -0.497 e. The maximum Gasteiger partial charge on any atom is 0.244 e. The molecule has 164 valence electrons. The Kier molecular flexibility index (Phi) is 4.32. The lowest BCUT2D eigenvalue weighted by Gasteiger charge is -2.28. The molecular formula is C26H20BrN3O3. The number of halogens is 1. The van der Waals surface area contributed by atoms with Gasteiger partial charge < -0.3 is 24.8 Å². The number of rotatable bonds is 4. The van der Waals surface area contributed by atoms with E-state index in [1.807, 2.05) is 67.0 Å². The van der Waals surface area contributed by atoms with Gasteiger partial charge in [-0.05, 0) is 54.6 Å². The van der Waals surface area contributed by atoms with E-state index in [1.165, 1.54) is 0 Å². The third-order valence-corrected chi connectivity index (χ3v) is 7.05. The molecule has 1 aliphatic heterocycles. The van der Waals surface area contributed by atoms with Crippen LogP contribution in [0.25, 0.3) is 21.8 Å². The van der Waals surface area contributed by atoms with Crippen molar-refractivity contribution in [2.45, 2.75) is 5.41 Å². The minimum absolute atomic E-state index is 0.108. The van der Waals surface area contributed by atoms with Gasteiger partial charge >= 0.3 is 0 Å². The summed E-state index contributed by atoms with van der Waals surface area (Å²) < 4.78 is 11.9. The fraction of sp³-hybridized carbons (Fsp3) is 0.115. The van der Waals surface area contributed by atoms with Crippen molar-refractivity contribution in [3.63, 3.8) is 0 Å². The average molecular weight is 502 g/mol. The molecule has 0 spiro atoms. The SMILES string of the molecule is COc1ccc2[nH]cc(C3(c4c[nH]c5ccc(OC)cc45)C(=O)Nc4ccc(Br)cc43)c2c1. The van der Waals surface area contributed by atoms with E-state index in [0.717, 1.165) is 60.2 Å². The second-order valence-corrected chi connectivity index (χ2v) is 9.04. The molecule has 2 aromatic heterocycles. The number of carbonyl (C=O) groups is 1. The van der Waals surface area contributed by atoms with Crippen LogP contribution in [0.3, 0.4) is 0 Å². The average Bonchev–Trinajstić information content (AvgIpc) is 3.52. The van der Waals surface area contributed by atoms with Crippen LogP contribution in [-0.2, 0) is 10.2 Å². The van der Waals surface area contributed by atoms with Gasteiger partial charge in [-0.1, -0.05) is 15.9 Å². The molecule has 0 atom stereocenters. The van der Waals surface area contributed by atoms with E-state index in [2.05, 4.69) is 31.2 Å². The van der Waals surface area contributed by atoms with Crippen LogP contribution in [0.2, 0.25) is 0 Å². The largest absolute Gasteiger partial charge is 0.497 e. The van der Waals surface area contributed by atoms with Crippen LogP contribution in [0.15, 0.2) is 71.5 Å². The van der Waals surface area contributed by atoms with Gasteiger partial charge in [-0.2, -0.15) is 0 Å². The molecular weight excluding hydrogens is 482 g/mol. The summed E-state index contributed by atoms with van der Waals surface area (Å²) in [6.45, 7) is 0. The monoisotopic (exact) mass is 501 g/mol. The molecule has 0 bridgehead atoms. The maximum atomic E-state index is 14.0. The van der Waals surface area contributed by atoms with Gasteiger partial charge in [0, 0.05) is 61.0 Å². The van der Waals surface area contributed by atoms with E-state index in [1.54, 1.807) is 14.2 Å². The Labute approximate surface area is 198 Å². The van der Waals surface area contributed by atoms with Crippen LogP contribution in [0.5, 0.6) is 11.5 Å². The van der Waals surface area contributed by atoms with Crippen molar-refractivity contribution in [3.8, 4) is 11.5 Å². The summed E-state index contributed by atoms with van der Waals surface area (Å²) in [5.41, 5.74) is 4.16. The predicted octanol–water partition coefficient (Wildman–Crippen LogP) is 5.72. The molecule has 5 aromatic rings. The number of methoxy groups -OCH3 is 2. The van der Waals surface area contributed by atoms with E-state index < -0.39 is 5.41 Å². The van der Waals surface area contributed by atoms with E-state index >= 15 is 0 Å². The quantitative estimate of drug-likeness (QED) is 0.294. The van der Waals surface area contributed by atoms with Crippen LogP contribution < -0.4 is 14.8 Å². The number of anilines is 1. The van der Waals surface area contributed by atoms with Gasteiger partial charge in [-0.3, -0.25) is 4.79 Å². The van der Waals surface area contributed by atoms with Gasteiger partial charge in [0.05, 0.1) is 14.2 Å². The van der Waals surface area contributed by atoms with Gasteiger partial charge in [0.1, 0.15) is 16.9 Å². The van der Waals surface area contributed by atoms with E-state index in [4.69, 9.17) is 9.47 Å². The number of H-pyrrole nitrogens is 2. The van der Waals surface area contributed by atoms with Crippen LogP contribution in [0, 0.1) is 0 Å². The summed E-state index contributed by atoms with van der Waals surface area (Å²) in [5.74, 6) is 1.35. The van der Waals surface area contributed by atoms with Crippen molar-refractivity contribution in [1.29, 1.82) is 0 Å². The fourth-order valence-electron chi connectivity index (χ4n) is 5.03. The van der Waals surface area contributed by atoms with Crippen molar-refractivity contribution < 1.29 is 14.3 Å². The van der Waals surface area contributed by atoms with Crippen LogP contribution in [-0.4, -0.2) is 30.1 Å². The number of hydrogen-bond acceptors (Lipinski definition) is 3. The number of aromatic nitrogens is 2. The van der Waals surface area contributed by atoms with Crippen LogP contribution in [0.4, 0.5) is 5.69 Å². The minimum atomic E-state index is -1.09. The first-order valence-corrected chi connectivity index (χ1v) is 11.3. The van der Waals surface area contributed by atoms with Crippen molar-refractivity contribution in [3.05, 3.63) is 88.2 Å². The highest BCUT2D eigenvalue weighted by molar-refractivity contribution is 9.10. The number of nitrogens with one attached hydrogen (secondary N) is 3. The Bertz CT molecular complexity index is 1480. The van der Waals surface area contributed by atoms with Gasteiger partial charge in [-0.25, -0.2) is 0 Å². The van der Waals surface area contributed by atoms with Gasteiger partial charge in [0.2, 0.25) is 5.91 Å². The number of amides is 1. The normalized spacial score (nSPS) is 14.5. The molecule has 1 aliphatic rings. The summed E-state index contributed by atoms with van der Waals surface area (Å²) in [4.78, 5) is 20.8. The van der Waals surface area contributed by atoms with Crippen molar-refractivity contribution in [2.24, 2.45) is 0 Å². The second kappa shape index (κ2) is 7.15. The Morgan fingerprint density at radius 1 is 0.758 bits per heavy atom. The number of benzene rings is 3. The molecule has 3 N–H and O–H groups in total. The van der Waals surface area contributed by atoms with E-state index in [9.17, 15) is 4.79 Å². The van der Waals surface area contributed by atoms with E-state index in [-0.39, 0.29) is 5.91 Å². The highest BCUT2D eigenvalue weighted by atomic mass is 79.9. The molecule has 1 amide bonds. The molecule has 3 heterocycles. The number of carbonyl (C=O) groups excluding carboxylic acids is 1. The summed E-state index contributed by atoms with van der Waals surface area (Å²) in [6.07, 6.45) is 3.86. The lowest BCUT2D eigenvalue weighted by atomic mass is 9.70. The summed E-state index contributed by atoms with van der Waals surface area (Å²) in [6, 6.07) is 17.6. The molecule has 33 heavy (non-hydrogen) atoms. The molecule has 6 nitrogen and oxygen atoms in total. The molecule has 0 saturated heterocycles. The number of hydrogen-bond donors (Lipinski definition) is 3. The molecule has 0 saturated carbocycles. The highest BCUT2D eigenvalue weighted by Crippen LogP contribution is 2.52. The van der Waals surface area contributed by atoms with Crippen molar-refractivity contribution in [1.82, 2.24) is 9.97 Å². The van der Waals surface area contributed by atoms with Crippen LogP contribution in [0.1, 0.15) is 16.7 Å². The van der Waals surface area contributed by atoms with Gasteiger partial charge in [-0.15, -0.1) is 0 Å². The molecule has 0 fully saturated rings. The Balaban J connectivity index is 1.77.